The third-order valence-corrected chi connectivity index (χ3v) is 1.98. The van der Waals surface area contributed by atoms with Crippen molar-refractivity contribution < 1.29 is 4.74 Å². The minimum atomic E-state index is -0.0763. The third kappa shape index (κ3) is 4.35. The van der Waals surface area contributed by atoms with E-state index < -0.39 is 0 Å². The molecule has 0 heterocycles. The van der Waals surface area contributed by atoms with Crippen LogP contribution in [0.3, 0.4) is 0 Å². The molecule has 3 heteroatoms. The Balaban J connectivity index is 3.79. The van der Waals surface area contributed by atoms with Gasteiger partial charge in [0.15, 0.2) is 0 Å². The third-order valence-electron chi connectivity index (χ3n) is 1.98. The van der Waals surface area contributed by atoms with Crippen LogP contribution in [0.15, 0.2) is 0 Å². The second kappa shape index (κ2) is 4.70. The van der Waals surface area contributed by atoms with Crippen molar-refractivity contribution >= 4 is 0 Å². The number of likely N-dealkylation sites (N-methyl/N-ethyl adjacent to an activating group) is 1. The summed E-state index contributed by atoms with van der Waals surface area (Å²) in [5.74, 6) is 0. The number of methoxy groups -OCH3 is 1. The highest BCUT2D eigenvalue weighted by Crippen LogP contribution is 2.14. The summed E-state index contributed by atoms with van der Waals surface area (Å²) < 4.78 is 5.28. The lowest BCUT2D eigenvalue weighted by Gasteiger charge is -2.27. The molecule has 0 fully saturated rings. The van der Waals surface area contributed by atoms with Gasteiger partial charge in [-0.05, 0) is 27.3 Å². The van der Waals surface area contributed by atoms with Crippen molar-refractivity contribution in [2.45, 2.75) is 31.9 Å². The van der Waals surface area contributed by atoms with Crippen molar-refractivity contribution in [1.29, 1.82) is 0 Å². The van der Waals surface area contributed by atoms with E-state index in [1.165, 1.54) is 0 Å². The number of nitrogens with one attached hydrogen (secondary N) is 1. The molecule has 0 aromatic heterocycles. The lowest BCUT2D eigenvalue weighted by atomic mass is 9.99. The number of nitrogens with two attached hydrogens (primary N) is 1. The fourth-order valence-corrected chi connectivity index (χ4v) is 0.980. The van der Waals surface area contributed by atoms with E-state index in [1.54, 1.807) is 7.11 Å². The largest absolute Gasteiger partial charge is 0.379 e. The predicted octanol–water partition coefficient (Wildman–Crippen LogP) is 0.348. The summed E-state index contributed by atoms with van der Waals surface area (Å²) in [5.41, 5.74) is 5.45. The van der Waals surface area contributed by atoms with Crippen LogP contribution >= 0.6 is 0 Å². The number of ether oxygens (including phenoxy) is 1. The van der Waals surface area contributed by atoms with Gasteiger partial charge in [-0.2, -0.15) is 0 Å². The van der Waals surface area contributed by atoms with Crippen molar-refractivity contribution in [2.75, 3.05) is 20.7 Å². The Kier molecular flexibility index (Phi) is 4.65. The van der Waals surface area contributed by atoms with Crippen LogP contribution in [0.4, 0.5) is 0 Å². The minimum absolute atomic E-state index is 0.0763. The van der Waals surface area contributed by atoms with Gasteiger partial charge in [-0.15, -0.1) is 0 Å². The Morgan fingerprint density at radius 3 is 2.36 bits per heavy atom. The highest BCUT2D eigenvalue weighted by molar-refractivity contribution is 4.77. The average Bonchev–Trinajstić information content (AvgIpc) is 2.00. The number of hydrogen-bond donors (Lipinski definition) is 2. The van der Waals surface area contributed by atoms with E-state index in [-0.39, 0.29) is 5.60 Å². The van der Waals surface area contributed by atoms with E-state index in [9.17, 15) is 0 Å². The summed E-state index contributed by atoms with van der Waals surface area (Å²) in [7, 11) is 3.65. The Morgan fingerprint density at radius 1 is 1.55 bits per heavy atom. The normalized spacial score (nSPS) is 15.0. The summed E-state index contributed by atoms with van der Waals surface area (Å²) in [6.45, 7) is 4.78. The van der Waals surface area contributed by atoms with E-state index >= 15 is 0 Å². The molecule has 0 radical (unpaired) electrons. The van der Waals surface area contributed by atoms with Crippen LogP contribution in [-0.4, -0.2) is 32.3 Å². The molecule has 1 atom stereocenters. The summed E-state index contributed by atoms with van der Waals surface area (Å²) in [5, 5.41) is 3.14. The molecule has 0 amide bonds. The Morgan fingerprint density at radius 2 is 2.09 bits per heavy atom. The fourth-order valence-electron chi connectivity index (χ4n) is 0.980. The monoisotopic (exact) mass is 160 g/mol. The first-order valence-corrected chi connectivity index (χ1v) is 3.98. The predicted molar refractivity (Wildman–Crippen MR) is 47.6 cm³/mol. The molecule has 68 valence electrons. The molecule has 1 unspecified atom stereocenters. The van der Waals surface area contributed by atoms with Crippen LogP contribution in [0, 0.1) is 0 Å². The zero-order chi connectivity index (χ0) is 8.91. The molecule has 0 aromatic rings. The number of hydrogen-bond acceptors (Lipinski definition) is 3. The molecule has 0 aliphatic carbocycles. The average molecular weight is 160 g/mol. The van der Waals surface area contributed by atoms with E-state index in [0.717, 1.165) is 6.42 Å². The zero-order valence-corrected chi connectivity index (χ0v) is 7.98. The van der Waals surface area contributed by atoms with Gasteiger partial charge in [-0.1, -0.05) is 0 Å². The molecule has 0 bridgehead atoms. The van der Waals surface area contributed by atoms with Gasteiger partial charge in [0.1, 0.15) is 0 Å². The summed E-state index contributed by atoms with van der Waals surface area (Å²) in [6, 6.07) is 0.352. The van der Waals surface area contributed by atoms with Crippen LogP contribution in [0.1, 0.15) is 20.3 Å². The maximum absolute atomic E-state index is 5.53. The van der Waals surface area contributed by atoms with Crippen molar-refractivity contribution in [1.82, 2.24) is 5.32 Å². The van der Waals surface area contributed by atoms with Crippen molar-refractivity contribution in [2.24, 2.45) is 5.73 Å². The maximum Gasteiger partial charge on any atom is 0.0638 e. The van der Waals surface area contributed by atoms with Gasteiger partial charge in [-0.25, -0.2) is 0 Å². The van der Waals surface area contributed by atoms with Crippen molar-refractivity contribution in [3.05, 3.63) is 0 Å². The number of rotatable bonds is 5. The second-order valence-corrected chi connectivity index (χ2v) is 3.39. The molecule has 0 rings (SSSR count). The van der Waals surface area contributed by atoms with Crippen molar-refractivity contribution in [3.8, 4) is 0 Å². The van der Waals surface area contributed by atoms with Crippen LogP contribution < -0.4 is 11.1 Å². The lowest BCUT2D eigenvalue weighted by Crippen LogP contribution is -2.40. The van der Waals surface area contributed by atoms with Gasteiger partial charge in [0, 0.05) is 19.7 Å². The molecule has 0 aliphatic rings. The zero-order valence-electron chi connectivity index (χ0n) is 7.98. The van der Waals surface area contributed by atoms with Gasteiger partial charge in [0.05, 0.1) is 5.60 Å². The molecular formula is C8H20N2O. The van der Waals surface area contributed by atoms with E-state index in [2.05, 4.69) is 19.2 Å². The quantitative estimate of drug-likeness (QED) is 0.610. The fraction of sp³-hybridized carbons (Fsp3) is 1.00. The van der Waals surface area contributed by atoms with Gasteiger partial charge >= 0.3 is 0 Å². The molecule has 0 saturated carbocycles. The van der Waals surface area contributed by atoms with E-state index in [4.69, 9.17) is 10.5 Å². The minimum Gasteiger partial charge on any atom is -0.379 e. The molecule has 0 spiro atoms. The molecule has 11 heavy (non-hydrogen) atoms. The summed E-state index contributed by atoms with van der Waals surface area (Å²) in [4.78, 5) is 0. The molecular weight excluding hydrogens is 140 g/mol. The molecule has 0 saturated heterocycles. The first kappa shape index (κ1) is 10.9. The van der Waals surface area contributed by atoms with Gasteiger partial charge in [0.2, 0.25) is 0 Å². The van der Waals surface area contributed by atoms with Gasteiger partial charge in [-0.3, -0.25) is 0 Å². The lowest BCUT2D eigenvalue weighted by molar-refractivity contribution is 0.00839. The highest BCUT2D eigenvalue weighted by Gasteiger charge is 2.20. The van der Waals surface area contributed by atoms with Crippen LogP contribution in [0.5, 0.6) is 0 Å². The standard InChI is InChI=1S/C8H20N2O/c1-8(2,11-4)5-7(6-9)10-3/h7,10H,5-6,9H2,1-4H3. The summed E-state index contributed by atoms with van der Waals surface area (Å²) in [6.07, 6.45) is 0.941. The molecule has 3 nitrogen and oxygen atoms in total. The van der Waals surface area contributed by atoms with Crippen LogP contribution in [0.25, 0.3) is 0 Å². The Labute approximate surface area is 69.3 Å². The molecule has 0 aliphatic heterocycles. The maximum atomic E-state index is 5.53. The van der Waals surface area contributed by atoms with E-state index in [1.807, 2.05) is 7.05 Å². The van der Waals surface area contributed by atoms with E-state index in [0.29, 0.717) is 12.6 Å². The Hall–Kier alpha value is -0.120. The van der Waals surface area contributed by atoms with Crippen LogP contribution in [-0.2, 0) is 4.74 Å². The first-order valence-electron chi connectivity index (χ1n) is 3.98. The van der Waals surface area contributed by atoms with Gasteiger partial charge in [0.25, 0.3) is 0 Å². The SMILES string of the molecule is CNC(CN)CC(C)(C)OC. The Bertz CT molecular complexity index is 100. The topological polar surface area (TPSA) is 47.3 Å². The van der Waals surface area contributed by atoms with Crippen molar-refractivity contribution in [3.63, 3.8) is 0 Å². The molecule has 0 aromatic carbocycles. The second-order valence-electron chi connectivity index (χ2n) is 3.39. The first-order chi connectivity index (χ1) is 5.05. The van der Waals surface area contributed by atoms with Gasteiger partial charge < -0.3 is 15.8 Å². The van der Waals surface area contributed by atoms with Crippen LogP contribution in [0.2, 0.25) is 0 Å². The smallest absolute Gasteiger partial charge is 0.0638 e. The highest BCUT2D eigenvalue weighted by atomic mass is 16.5. The summed E-state index contributed by atoms with van der Waals surface area (Å²) >= 11 is 0. The molecule has 3 N–H and O–H groups in total.